The summed E-state index contributed by atoms with van der Waals surface area (Å²) in [7, 11) is 0. The van der Waals surface area contributed by atoms with E-state index in [4.69, 9.17) is 16.3 Å². The van der Waals surface area contributed by atoms with E-state index in [1.165, 1.54) is 12.3 Å². The van der Waals surface area contributed by atoms with Crippen molar-refractivity contribution in [3.05, 3.63) is 33.7 Å². The molecule has 76 valence electrons. The molecule has 1 aromatic heterocycles. The maximum Gasteiger partial charge on any atom is 0.339 e. The van der Waals surface area contributed by atoms with Crippen molar-refractivity contribution >= 4 is 17.6 Å². The molecule has 0 aliphatic rings. The number of aromatic nitrogens is 1. The van der Waals surface area contributed by atoms with Gasteiger partial charge in [0.2, 0.25) is 5.56 Å². The fraction of sp³-hybridized carbons (Fsp3) is 0.333. The van der Waals surface area contributed by atoms with Crippen molar-refractivity contribution in [1.82, 2.24) is 4.98 Å². The minimum absolute atomic E-state index is 0.109. The molecule has 0 fully saturated rings. The quantitative estimate of drug-likeness (QED) is 0.611. The molecule has 0 atom stereocenters. The zero-order chi connectivity index (χ0) is 10.6. The van der Waals surface area contributed by atoms with E-state index >= 15 is 0 Å². The molecule has 0 aliphatic heterocycles. The number of alkyl halides is 1. The molecule has 1 aromatic rings. The van der Waals surface area contributed by atoms with Gasteiger partial charge in [-0.15, -0.1) is 11.6 Å². The second-order valence-electron chi connectivity index (χ2n) is 2.59. The number of hydrogen-bond donors (Lipinski definition) is 1. The van der Waals surface area contributed by atoms with Gasteiger partial charge >= 0.3 is 5.97 Å². The maximum absolute atomic E-state index is 11.3. The first-order valence-electron chi connectivity index (χ1n) is 4.13. The summed E-state index contributed by atoms with van der Waals surface area (Å²) in [6, 6.07) is 1.29. The summed E-state index contributed by atoms with van der Waals surface area (Å²) in [5, 5.41) is 0. The molecule has 1 heterocycles. The second kappa shape index (κ2) is 4.81. The minimum Gasteiger partial charge on any atom is -0.462 e. The Labute approximate surface area is 85.9 Å². The highest BCUT2D eigenvalue weighted by Gasteiger charge is 2.11. The minimum atomic E-state index is -0.473. The third kappa shape index (κ3) is 2.35. The van der Waals surface area contributed by atoms with Crippen molar-refractivity contribution in [1.29, 1.82) is 0 Å². The van der Waals surface area contributed by atoms with Gasteiger partial charge in [0.05, 0.1) is 12.2 Å². The third-order valence-electron chi connectivity index (χ3n) is 1.65. The maximum atomic E-state index is 11.3. The number of esters is 1. The number of aromatic amines is 1. The Bertz CT molecular complexity index is 386. The first-order valence-corrected chi connectivity index (χ1v) is 4.67. The molecule has 1 rings (SSSR count). The van der Waals surface area contributed by atoms with Crippen LogP contribution in [-0.2, 0) is 10.6 Å². The SMILES string of the molecule is CCOC(=O)c1c[nH]c(=O)cc1CCl. The first kappa shape index (κ1) is 10.8. The van der Waals surface area contributed by atoms with Gasteiger partial charge in [0.1, 0.15) is 0 Å². The summed E-state index contributed by atoms with van der Waals surface area (Å²) in [4.78, 5) is 24.6. The van der Waals surface area contributed by atoms with E-state index in [0.29, 0.717) is 17.7 Å². The molecule has 0 saturated heterocycles. The van der Waals surface area contributed by atoms with Crippen LogP contribution in [0.4, 0.5) is 0 Å². The highest BCUT2D eigenvalue weighted by atomic mass is 35.5. The molecule has 0 aliphatic carbocycles. The van der Waals surface area contributed by atoms with Crippen LogP contribution < -0.4 is 5.56 Å². The van der Waals surface area contributed by atoms with E-state index < -0.39 is 5.97 Å². The number of pyridine rings is 1. The van der Waals surface area contributed by atoms with Crippen molar-refractivity contribution in [2.24, 2.45) is 0 Å². The molecule has 0 radical (unpaired) electrons. The van der Waals surface area contributed by atoms with E-state index in [1.54, 1.807) is 6.92 Å². The average molecular weight is 216 g/mol. The summed E-state index contributed by atoms with van der Waals surface area (Å²) >= 11 is 5.59. The predicted octanol–water partition coefficient (Wildman–Crippen LogP) is 1.29. The van der Waals surface area contributed by atoms with Crippen LogP contribution in [0.5, 0.6) is 0 Å². The number of rotatable bonds is 3. The lowest BCUT2D eigenvalue weighted by Crippen LogP contribution is -2.13. The molecule has 0 saturated carbocycles. The van der Waals surface area contributed by atoms with E-state index in [2.05, 4.69) is 4.98 Å². The highest BCUT2D eigenvalue weighted by Crippen LogP contribution is 2.09. The fourth-order valence-electron chi connectivity index (χ4n) is 1.02. The summed E-state index contributed by atoms with van der Waals surface area (Å²) in [6.45, 7) is 2.00. The van der Waals surface area contributed by atoms with Crippen molar-refractivity contribution < 1.29 is 9.53 Å². The summed E-state index contributed by atoms with van der Waals surface area (Å²) in [5.74, 6) is -0.364. The molecule has 1 N–H and O–H groups in total. The molecule has 0 unspecified atom stereocenters. The molecule has 0 aromatic carbocycles. The standard InChI is InChI=1S/C9H10ClNO3/c1-2-14-9(13)7-5-11-8(12)3-6(7)4-10/h3,5H,2,4H2,1H3,(H,11,12). The lowest BCUT2D eigenvalue weighted by molar-refractivity contribution is 0.0525. The molecule has 4 nitrogen and oxygen atoms in total. The Hall–Kier alpha value is -1.29. The first-order chi connectivity index (χ1) is 6.69. The van der Waals surface area contributed by atoms with Gasteiger partial charge in [0, 0.05) is 18.1 Å². The van der Waals surface area contributed by atoms with Crippen LogP contribution in [0.15, 0.2) is 17.1 Å². The Kier molecular flexibility index (Phi) is 3.71. The van der Waals surface area contributed by atoms with Crippen LogP contribution in [0, 0.1) is 0 Å². The largest absolute Gasteiger partial charge is 0.462 e. The Morgan fingerprint density at radius 1 is 1.64 bits per heavy atom. The fourth-order valence-corrected chi connectivity index (χ4v) is 1.24. The molecule has 14 heavy (non-hydrogen) atoms. The normalized spacial score (nSPS) is 9.86. The summed E-state index contributed by atoms with van der Waals surface area (Å²) in [5.41, 5.74) is 0.504. The summed E-state index contributed by atoms with van der Waals surface area (Å²) in [6.07, 6.45) is 1.32. The van der Waals surface area contributed by atoms with Crippen molar-refractivity contribution in [3.8, 4) is 0 Å². The monoisotopic (exact) mass is 215 g/mol. The Morgan fingerprint density at radius 2 is 2.36 bits per heavy atom. The van der Waals surface area contributed by atoms with Crippen LogP contribution in [0.3, 0.4) is 0 Å². The highest BCUT2D eigenvalue weighted by molar-refractivity contribution is 6.17. The number of nitrogens with one attached hydrogen (secondary N) is 1. The topological polar surface area (TPSA) is 59.2 Å². The number of H-pyrrole nitrogens is 1. The number of carbonyl (C=O) groups is 1. The van der Waals surface area contributed by atoms with Gasteiger partial charge in [0.15, 0.2) is 0 Å². The Balaban J connectivity index is 3.07. The van der Waals surface area contributed by atoms with Crippen LogP contribution >= 0.6 is 11.6 Å². The predicted molar refractivity (Wildman–Crippen MR) is 52.6 cm³/mol. The lowest BCUT2D eigenvalue weighted by atomic mass is 10.1. The van der Waals surface area contributed by atoms with E-state index in [1.807, 2.05) is 0 Å². The molecular weight excluding hydrogens is 206 g/mol. The smallest absolute Gasteiger partial charge is 0.339 e. The van der Waals surface area contributed by atoms with Gasteiger partial charge in [-0.25, -0.2) is 4.79 Å². The zero-order valence-electron chi connectivity index (χ0n) is 7.67. The van der Waals surface area contributed by atoms with Crippen molar-refractivity contribution in [3.63, 3.8) is 0 Å². The van der Waals surface area contributed by atoms with Gasteiger partial charge in [-0.05, 0) is 12.5 Å². The number of carbonyl (C=O) groups excluding carboxylic acids is 1. The summed E-state index contributed by atoms with van der Waals surface area (Å²) < 4.78 is 4.79. The lowest BCUT2D eigenvalue weighted by Gasteiger charge is -2.04. The molecule has 0 amide bonds. The number of ether oxygens (including phenoxy) is 1. The Morgan fingerprint density at radius 3 is 2.93 bits per heavy atom. The molecule has 0 bridgehead atoms. The molecule has 5 heteroatoms. The zero-order valence-corrected chi connectivity index (χ0v) is 8.43. The van der Waals surface area contributed by atoms with Crippen LogP contribution in [0.2, 0.25) is 0 Å². The van der Waals surface area contributed by atoms with Gasteiger partial charge < -0.3 is 9.72 Å². The van der Waals surface area contributed by atoms with Crippen LogP contribution in [0.25, 0.3) is 0 Å². The van der Waals surface area contributed by atoms with Gasteiger partial charge in [0.25, 0.3) is 0 Å². The van der Waals surface area contributed by atoms with Crippen molar-refractivity contribution in [2.45, 2.75) is 12.8 Å². The van der Waals surface area contributed by atoms with E-state index in [9.17, 15) is 9.59 Å². The van der Waals surface area contributed by atoms with Gasteiger partial charge in [-0.2, -0.15) is 0 Å². The second-order valence-corrected chi connectivity index (χ2v) is 2.86. The van der Waals surface area contributed by atoms with Gasteiger partial charge in [-0.1, -0.05) is 0 Å². The molecule has 0 spiro atoms. The van der Waals surface area contributed by atoms with Crippen molar-refractivity contribution in [2.75, 3.05) is 6.61 Å². The van der Waals surface area contributed by atoms with Gasteiger partial charge in [-0.3, -0.25) is 4.79 Å². The van der Waals surface area contributed by atoms with E-state index in [-0.39, 0.29) is 11.4 Å². The molecular formula is C9H10ClNO3. The van der Waals surface area contributed by atoms with E-state index in [0.717, 1.165) is 0 Å². The number of hydrogen-bond acceptors (Lipinski definition) is 3. The third-order valence-corrected chi connectivity index (χ3v) is 1.94. The van der Waals surface area contributed by atoms with Crippen LogP contribution in [-0.4, -0.2) is 17.6 Å². The average Bonchev–Trinajstić information content (AvgIpc) is 2.17. The van der Waals surface area contributed by atoms with Crippen LogP contribution in [0.1, 0.15) is 22.8 Å². The number of halogens is 1.